The quantitative estimate of drug-likeness (QED) is 0.717. The van der Waals surface area contributed by atoms with Crippen molar-refractivity contribution < 1.29 is 13.2 Å². The number of ether oxygens (including phenoxy) is 1. The van der Waals surface area contributed by atoms with Crippen LogP contribution in [0.3, 0.4) is 0 Å². The number of pyridine rings is 1. The number of anilines is 1. The van der Waals surface area contributed by atoms with Gasteiger partial charge in [-0.05, 0) is 35.7 Å². The van der Waals surface area contributed by atoms with E-state index in [2.05, 4.69) is 9.71 Å². The summed E-state index contributed by atoms with van der Waals surface area (Å²) in [5, 5.41) is 2.25. The largest absolute Gasteiger partial charge is 0.495 e. The highest BCUT2D eigenvalue weighted by Crippen LogP contribution is 2.30. The van der Waals surface area contributed by atoms with E-state index < -0.39 is 10.0 Å². The molecular weight excluding hydrogens is 368 g/mol. The number of rotatable bonds is 5. The first-order chi connectivity index (χ1) is 11.5. The number of aromatic nitrogens is 1. The number of thiophene rings is 1. The van der Waals surface area contributed by atoms with Crippen molar-refractivity contribution in [3.63, 3.8) is 0 Å². The number of benzene rings is 1. The van der Waals surface area contributed by atoms with E-state index in [-0.39, 0.29) is 10.6 Å². The molecule has 2 aromatic heterocycles. The Kier molecular flexibility index (Phi) is 4.75. The van der Waals surface area contributed by atoms with Crippen LogP contribution < -0.4 is 9.46 Å². The maximum atomic E-state index is 12.7. The standard InChI is InChI=1S/C16H13ClN2O3S2/c1-22-14-5-4-12(17)8-16(14)24(20,21)19-13-7-11(9-18-10-13)15-3-2-6-23-15/h2-10,19H,1H3. The van der Waals surface area contributed by atoms with Gasteiger partial charge in [-0.3, -0.25) is 9.71 Å². The first-order valence-corrected chi connectivity index (χ1v) is 9.59. The number of methoxy groups -OCH3 is 1. The molecule has 0 atom stereocenters. The summed E-state index contributed by atoms with van der Waals surface area (Å²) in [6.07, 6.45) is 3.13. The van der Waals surface area contributed by atoms with E-state index in [1.54, 1.807) is 29.7 Å². The third-order valence-corrected chi connectivity index (χ3v) is 5.77. The smallest absolute Gasteiger partial charge is 0.265 e. The van der Waals surface area contributed by atoms with Crippen LogP contribution in [0.25, 0.3) is 10.4 Å². The lowest BCUT2D eigenvalue weighted by molar-refractivity contribution is 0.403. The second-order valence-corrected chi connectivity index (χ2v) is 7.88. The Morgan fingerprint density at radius 1 is 1.21 bits per heavy atom. The number of sulfonamides is 1. The van der Waals surface area contributed by atoms with Crippen molar-refractivity contribution in [1.82, 2.24) is 4.98 Å². The number of hydrogen-bond donors (Lipinski definition) is 1. The first kappa shape index (κ1) is 16.8. The molecule has 24 heavy (non-hydrogen) atoms. The molecule has 3 rings (SSSR count). The summed E-state index contributed by atoms with van der Waals surface area (Å²) in [7, 11) is -2.46. The number of nitrogens with one attached hydrogen (secondary N) is 1. The zero-order valence-corrected chi connectivity index (χ0v) is 15.0. The van der Waals surface area contributed by atoms with Gasteiger partial charge in [0.25, 0.3) is 10.0 Å². The van der Waals surface area contributed by atoms with E-state index >= 15 is 0 Å². The van der Waals surface area contributed by atoms with Gasteiger partial charge in [0.05, 0.1) is 19.0 Å². The van der Waals surface area contributed by atoms with Crippen molar-refractivity contribution in [2.24, 2.45) is 0 Å². The Hall–Kier alpha value is -2.09. The molecule has 0 saturated heterocycles. The molecule has 0 saturated carbocycles. The van der Waals surface area contributed by atoms with Crippen LogP contribution in [0.5, 0.6) is 5.75 Å². The van der Waals surface area contributed by atoms with Gasteiger partial charge in [0.1, 0.15) is 10.6 Å². The monoisotopic (exact) mass is 380 g/mol. The predicted molar refractivity (Wildman–Crippen MR) is 96.4 cm³/mol. The molecule has 0 unspecified atom stereocenters. The molecule has 0 spiro atoms. The fraction of sp³-hybridized carbons (Fsp3) is 0.0625. The highest BCUT2D eigenvalue weighted by atomic mass is 35.5. The second kappa shape index (κ2) is 6.80. The molecule has 3 aromatic rings. The van der Waals surface area contributed by atoms with Gasteiger partial charge in [-0.25, -0.2) is 8.42 Å². The number of halogens is 1. The van der Waals surface area contributed by atoms with Gasteiger partial charge < -0.3 is 4.74 Å². The van der Waals surface area contributed by atoms with Crippen LogP contribution in [0.15, 0.2) is 59.1 Å². The summed E-state index contributed by atoms with van der Waals surface area (Å²) in [4.78, 5) is 5.08. The Balaban J connectivity index is 1.96. The lowest BCUT2D eigenvalue weighted by Crippen LogP contribution is -2.14. The van der Waals surface area contributed by atoms with Crippen molar-refractivity contribution >= 4 is 38.6 Å². The molecular formula is C16H13ClN2O3S2. The van der Waals surface area contributed by atoms with E-state index in [1.165, 1.54) is 25.4 Å². The summed E-state index contributed by atoms with van der Waals surface area (Å²) < 4.78 is 32.9. The highest BCUT2D eigenvalue weighted by molar-refractivity contribution is 7.92. The molecule has 1 N–H and O–H groups in total. The van der Waals surface area contributed by atoms with Gasteiger partial charge in [-0.1, -0.05) is 17.7 Å². The lowest BCUT2D eigenvalue weighted by atomic mass is 10.2. The Morgan fingerprint density at radius 3 is 2.75 bits per heavy atom. The summed E-state index contributed by atoms with van der Waals surface area (Å²) in [6, 6.07) is 10.0. The summed E-state index contributed by atoms with van der Waals surface area (Å²) >= 11 is 7.47. The minimum absolute atomic E-state index is 0.0287. The number of hydrogen-bond acceptors (Lipinski definition) is 5. The molecule has 5 nitrogen and oxygen atoms in total. The zero-order chi connectivity index (χ0) is 17.2. The molecule has 0 aliphatic heterocycles. The van der Waals surface area contributed by atoms with Crippen molar-refractivity contribution in [1.29, 1.82) is 0 Å². The van der Waals surface area contributed by atoms with Gasteiger partial charge in [0.15, 0.2) is 0 Å². The fourth-order valence-electron chi connectivity index (χ4n) is 2.14. The van der Waals surface area contributed by atoms with Crippen LogP contribution in [0, 0.1) is 0 Å². The molecule has 0 aliphatic carbocycles. The van der Waals surface area contributed by atoms with E-state index in [4.69, 9.17) is 16.3 Å². The van der Waals surface area contributed by atoms with E-state index in [1.807, 2.05) is 17.5 Å². The van der Waals surface area contributed by atoms with Crippen LogP contribution in [0.4, 0.5) is 5.69 Å². The van der Waals surface area contributed by atoms with Crippen LogP contribution >= 0.6 is 22.9 Å². The molecule has 124 valence electrons. The Labute approximate surface area is 148 Å². The van der Waals surface area contributed by atoms with E-state index in [0.29, 0.717) is 10.7 Å². The van der Waals surface area contributed by atoms with Gasteiger partial charge in [0.2, 0.25) is 0 Å². The summed E-state index contributed by atoms with van der Waals surface area (Å²) in [5.41, 5.74) is 1.20. The van der Waals surface area contributed by atoms with Gasteiger partial charge in [-0.2, -0.15) is 0 Å². The first-order valence-electron chi connectivity index (χ1n) is 6.85. The third-order valence-electron chi connectivity index (χ3n) is 3.21. The minimum atomic E-state index is -3.86. The van der Waals surface area contributed by atoms with Crippen LogP contribution in [-0.4, -0.2) is 20.5 Å². The molecule has 8 heteroatoms. The minimum Gasteiger partial charge on any atom is -0.495 e. The molecule has 0 radical (unpaired) electrons. The van der Waals surface area contributed by atoms with Crippen LogP contribution in [0.1, 0.15) is 0 Å². The topological polar surface area (TPSA) is 68.3 Å². The molecule has 0 bridgehead atoms. The lowest BCUT2D eigenvalue weighted by Gasteiger charge is -2.12. The average molecular weight is 381 g/mol. The SMILES string of the molecule is COc1ccc(Cl)cc1S(=O)(=O)Nc1cncc(-c2cccs2)c1. The molecule has 0 amide bonds. The Morgan fingerprint density at radius 2 is 2.04 bits per heavy atom. The van der Waals surface area contributed by atoms with Gasteiger partial charge in [0, 0.05) is 21.7 Å². The molecule has 2 heterocycles. The summed E-state index contributed by atoms with van der Waals surface area (Å²) in [5.74, 6) is 0.217. The maximum Gasteiger partial charge on any atom is 0.265 e. The average Bonchev–Trinajstić information content (AvgIpc) is 3.09. The molecule has 0 aliphatic rings. The normalized spacial score (nSPS) is 11.2. The third kappa shape index (κ3) is 3.53. The maximum absolute atomic E-state index is 12.7. The van der Waals surface area contributed by atoms with Crippen LogP contribution in [0.2, 0.25) is 5.02 Å². The molecule has 0 fully saturated rings. The zero-order valence-electron chi connectivity index (χ0n) is 12.6. The van der Waals surface area contributed by atoms with Crippen LogP contribution in [-0.2, 0) is 10.0 Å². The van der Waals surface area contributed by atoms with Crippen molar-refractivity contribution in [2.75, 3.05) is 11.8 Å². The van der Waals surface area contributed by atoms with Crippen molar-refractivity contribution in [3.05, 3.63) is 59.2 Å². The van der Waals surface area contributed by atoms with Crippen molar-refractivity contribution in [2.45, 2.75) is 4.90 Å². The number of nitrogens with zero attached hydrogens (tertiary/aromatic N) is 1. The van der Waals surface area contributed by atoms with Gasteiger partial charge >= 0.3 is 0 Å². The molecule has 1 aromatic carbocycles. The Bertz CT molecular complexity index is 957. The highest BCUT2D eigenvalue weighted by Gasteiger charge is 2.20. The summed E-state index contributed by atoms with van der Waals surface area (Å²) in [6.45, 7) is 0. The van der Waals surface area contributed by atoms with E-state index in [9.17, 15) is 8.42 Å². The van der Waals surface area contributed by atoms with E-state index in [0.717, 1.165) is 10.4 Å². The van der Waals surface area contributed by atoms with Gasteiger partial charge in [-0.15, -0.1) is 11.3 Å². The van der Waals surface area contributed by atoms with Crippen molar-refractivity contribution in [3.8, 4) is 16.2 Å². The predicted octanol–water partition coefficient (Wildman–Crippen LogP) is 4.27. The fourth-order valence-corrected chi connectivity index (χ4v) is 4.32. The second-order valence-electron chi connectivity index (χ2n) is 4.84.